The van der Waals surface area contributed by atoms with Crippen LogP contribution < -0.4 is 5.32 Å². The van der Waals surface area contributed by atoms with Crippen LogP contribution in [0.1, 0.15) is 37.2 Å². The highest BCUT2D eigenvalue weighted by Crippen LogP contribution is 2.19. The molecule has 4 nitrogen and oxygen atoms in total. The summed E-state index contributed by atoms with van der Waals surface area (Å²) in [5.41, 5.74) is 0.504. The molecule has 0 bridgehead atoms. The number of nitrogens with one attached hydrogen (secondary N) is 2. The van der Waals surface area contributed by atoms with E-state index in [9.17, 15) is 4.79 Å². The Bertz CT molecular complexity index is 309. The minimum atomic E-state index is -0.104. The Hall–Kier alpha value is -0.840. The van der Waals surface area contributed by atoms with Crippen molar-refractivity contribution in [3.63, 3.8) is 0 Å². The zero-order chi connectivity index (χ0) is 12.0. The molecule has 5 heteroatoms. The van der Waals surface area contributed by atoms with Crippen LogP contribution in [0.2, 0.25) is 0 Å². The summed E-state index contributed by atoms with van der Waals surface area (Å²) in [5, 5.41) is 9.26. The van der Waals surface area contributed by atoms with Gasteiger partial charge in [-0.15, -0.1) is 0 Å². The molecule has 0 aliphatic rings. The Kier molecular flexibility index (Phi) is 5.52. The van der Waals surface area contributed by atoms with E-state index in [4.69, 9.17) is 0 Å². The summed E-state index contributed by atoms with van der Waals surface area (Å²) in [7, 11) is 0. The molecule has 1 amide bonds. The first-order valence-electron chi connectivity index (χ1n) is 5.60. The third-order valence-corrected chi connectivity index (χ3v) is 3.83. The van der Waals surface area contributed by atoms with Gasteiger partial charge in [-0.1, -0.05) is 42.6 Å². The lowest BCUT2D eigenvalue weighted by Gasteiger charge is -2.19. The number of hydrogen-bond donors (Lipinski definition) is 2. The summed E-state index contributed by atoms with van der Waals surface area (Å²) in [6.45, 7) is 4.97. The maximum Gasteiger partial charge on any atom is 0.269 e. The van der Waals surface area contributed by atoms with E-state index in [1.807, 2.05) is 0 Å². The van der Waals surface area contributed by atoms with Crippen molar-refractivity contribution >= 4 is 21.8 Å². The molecule has 1 unspecified atom stereocenters. The largest absolute Gasteiger partial charge is 0.350 e. The van der Waals surface area contributed by atoms with E-state index < -0.39 is 0 Å². The van der Waals surface area contributed by atoms with Crippen LogP contribution in [0.15, 0.2) is 12.3 Å². The predicted octanol–water partition coefficient (Wildman–Crippen LogP) is 2.34. The van der Waals surface area contributed by atoms with Crippen LogP contribution in [-0.2, 0) is 0 Å². The molecule has 0 saturated heterocycles. The zero-order valence-electron chi connectivity index (χ0n) is 9.66. The molecule has 1 atom stereocenters. The van der Waals surface area contributed by atoms with Crippen molar-refractivity contribution in [2.45, 2.75) is 31.5 Å². The average molecular weight is 288 g/mol. The number of carbonyl (C=O) groups is 1. The second-order valence-corrected chi connectivity index (χ2v) is 4.95. The quantitative estimate of drug-likeness (QED) is 0.789. The molecule has 0 spiro atoms. The van der Waals surface area contributed by atoms with Gasteiger partial charge in [-0.05, 0) is 12.0 Å². The van der Waals surface area contributed by atoms with Crippen LogP contribution in [0.3, 0.4) is 0 Å². The van der Waals surface area contributed by atoms with Gasteiger partial charge in [0.2, 0.25) is 0 Å². The molecule has 16 heavy (non-hydrogen) atoms. The van der Waals surface area contributed by atoms with Crippen LogP contribution in [0.5, 0.6) is 0 Å². The van der Waals surface area contributed by atoms with Crippen LogP contribution in [-0.4, -0.2) is 27.5 Å². The highest BCUT2D eigenvalue weighted by Gasteiger charge is 2.16. The Morgan fingerprint density at radius 3 is 2.75 bits per heavy atom. The highest BCUT2D eigenvalue weighted by atomic mass is 79.9. The Morgan fingerprint density at radius 2 is 2.25 bits per heavy atom. The lowest BCUT2D eigenvalue weighted by molar-refractivity contribution is 0.0947. The van der Waals surface area contributed by atoms with E-state index >= 15 is 0 Å². The lowest BCUT2D eigenvalue weighted by Crippen LogP contribution is -2.33. The van der Waals surface area contributed by atoms with Gasteiger partial charge in [0.05, 0.1) is 0 Å². The molecule has 0 radical (unpaired) electrons. The number of nitrogens with zero attached hydrogens (tertiary/aromatic N) is 1. The number of aromatic nitrogens is 2. The summed E-state index contributed by atoms with van der Waals surface area (Å²) < 4.78 is 0. The molecular formula is C11H18BrN3O. The first-order valence-corrected chi connectivity index (χ1v) is 6.52. The van der Waals surface area contributed by atoms with Crippen molar-refractivity contribution in [3.8, 4) is 0 Å². The van der Waals surface area contributed by atoms with Crippen molar-refractivity contribution in [2.24, 2.45) is 5.92 Å². The molecule has 1 heterocycles. The van der Waals surface area contributed by atoms with Crippen LogP contribution in [0.25, 0.3) is 0 Å². The second-order valence-electron chi connectivity index (χ2n) is 3.77. The van der Waals surface area contributed by atoms with Crippen LogP contribution in [0, 0.1) is 5.92 Å². The van der Waals surface area contributed by atoms with Gasteiger partial charge in [-0.3, -0.25) is 9.89 Å². The molecule has 0 saturated carbocycles. The maximum absolute atomic E-state index is 11.6. The van der Waals surface area contributed by atoms with Crippen LogP contribution in [0.4, 0.5) is 0 Å². The number of alkyl halides is 1. The molecule has 90 valence electrons. The Labute approximate surface area is 104 Å². The van der Waals surface area contributed by atoms with Gasteiger partial charge in [-0.2, -0.15) is 5.10 Å². The smallest absolute Gasteiger partial charge is 0.269 e. The molecule has 0 aliphatic heterocycles. The van der Waals surface area contributed by atoms with E-state index in [0.717, 1.165) is 12.8 Å². The zero-order valence-corrected chi connectivity index (χ0v) is 11.3. The highest BCUT2D eigenvalue weighted by molar-refractivity contribution is 9.09. The topological polar surface area (TPSA) is 57.8 Å². The molecule has 1 rings (SSSR count). The van der Waals surface area contributed by atoms with E-state index in [1.165, 1.54) is 0 Å². The molecule has 0 aromatic carbocycles. The number of hydrogen-bond acceptors (Lipinski definition) is 2. The maximum atomic E-state index is 11.6. The molecule has 2 N–H and O–H groups in total. The first-order chi connectivity index (χ1) is 7.69. The number of rotatable bonds is 6. The molecule has 1 aromatic heterocycles. The van der Waals surface area contributed by atoms with Gasteiger partial charge in [0.1, 0.15) is 5.69 Å². The Morgan fingerprint density at radius 1 is 1.56 bits per heavy atom. The number of H-pyrrole nitrogens is 1. The second kappa shape index (κ2) is 6.68. The van der Waals surface area contributed by atoms with Crippen molar-refractivity contribution in [2.75, 3.05) is 6.54 Å². The van der Waals surface area contributed by atoms with Crippen molar-refractivity contribution in [1.29, 1.82) is 0 Å². The van der Waals surface area contributed by atoms with Crippen LogP contribution >= 0.6 is 15.9 Å². The van der Waals surface area contributed by atoms with Gasteiger partial charge >= 0.3 is 0 Å². The van der Waals surface area contributed by atoms with E-state index in [2.05, 4.69) is 45.3 Å². The van der Waals surface area contributed by atoms with Crippen molar-refractivity contribution in [1.82, 2.24) is 15.5 Å². The van der Waals surface area contributed by atoms with E-state index in [1.54, 1.807) is 12.3 Å². The molecule has 1 aromatic rings. The van der Waals surface area contributed by atoms with Crippen molar-refractivity contribution in [3.05, 3.63) is 18.0 Å². The van der Waals surface area contributed by atoms with Gasteiger partial charge in [0.25, 0.3) is 5.91 Å². The fourth-order valence-electron chi connectivity index (χ4n) is 1.63. The fraction of sp³-hybridized carbons (Fsp3) is 0.636. The monoisotopic (exact) mass is 287 g/mol. The fourth-order valence-corrected chi connectivity index (χ4v) is 2.54. The molecule has 0 aliphatic carbocycles. The van der Waals surface area contributed by atoms with Gasteiger partial charge in [-0.25, -0.2) is 0 Å². The molecular weight excluding hydrogens is 270 g/mol. The summed E-state index contributed by atoms with van der Waals surface area (Å²) in [4.78, 5) is 11.9. The molecule has 0 fully saturated rings. The number of amides is 1. The standard InChI is InChI=1S/C11H18BrN3O/c1-3-8(4-2)9(12)7-13-11(16)10-5-6-14-15-10/h5-6,8-9H,3-4,7H2,1-2H3,(H,13,16)(H,14,15). The third-order valence-electron chi connectivity index (χ3n) is 2.76. The lowest BCUT2D eigenvalue weighted by atomic mass is 9.99. The number of carbonyl (C=O) groups excluding carboxylic acids is 1. The Balaban J connectivity index is 2.37. The van der Waals surface area contributed by atoms with E-state index in [0.29, 0.717) is 23.0 Å². The van der Waals surface area contributed by atoms with E-state index in [-0.39, 0.29) is 5.91 Å². The average Bonchev–Trinajstić information content (AvgIpc) is 2.81. The third kappa shape index (κ3) is 3.63. The number of aromatic amines is 1. The minimum Gasteiger partial charge on any atom is -0.350 e. The number of halogens is 1. The van der Waals surface area contributed by atoms with Gasteiger partial charge in [0, 0.05) is 17.6 Å². The summed E-state index contributed by atoms with van der Waals surface area (Å²) >= 11 is 3.62. The van der Waals surface area contributed by atoms with Gasteiger partial charge < -0.3 is 5.32 Å². The first kappa shape index (κ1) is 13.2. The van der Waals surface area contributed by atoms with Gasteiger partial charge in [0.15, 0.2) is 0 Å². The van der Waals surface area contributed by atoms with Crippen molar-refractivity contribution < 1.29 is 4.79 Å². The summed E-state index contributed by atoms with van der Waals surface area (Å²) in [6.07, 6.45) is 3.81. The summed E-state index contributed by atoms with van der Waals surface area (Å²) in [5.74, 6) is 0.495. The minimum absolute atomic E-state index is 0.104. The summed E-state index contributed by atoms with van der Waals surface area (Å²) in [6, 6.07) is 1.66. The SMILES string of the molecule is CCC(CC)C(Br)CNC(=O)c1ccn[nH]1. The predicted molar refractivity (Wildman–Crippen MR) is 67.7 cm³/mol. The normalized spacial score (nSPS) is 12.8.